The van der Waals surface area contributed by atoms with Crippen LogP contribution in [0.1, 0.15) is 15.9 Å². The van der Waals surface area contributed by atoms with Gasteiger partial charge in [0.1, 0.15) is 18.0 Å². The quantitative estimate of drug-likeness (QED) is 0.385. The van der Waals surface area contributed by atoms with Crippen LogP contribution in [0, 0.1) is 6.92 Å². The van der Waals surface area contributed by atoms with E-state index in [9.17, 15) is 4.79 Å². The summed E-state index contributed by atoms with van der Waals surface area (Å²) in [5, 5.41) is 4.50. The van der Waals surface area contributed by atoms with Crippen molar-refractivity contribution in [1.82, 2.24) is 19.5 Å². The van der Waals surface area contributed by atoms with Crippen molar-refractivity contribution in [2.45, 2.75) is 6.92 Å². The standard InChI is InChI=1S/C25H19ClN6O/c1-15-2-7-19(31-25(33)16-3-5-18(26)6-4-16)10-20(15)21-11-22-17(13-28-21)8-9-32(22)24-12-23(27)29-14-30-24/h2-14H,1H3,(H,31,33)(H2,27,29,30). The molecule has 162 valence electrons. The van der Waals surface area contributed by atoms with E-state index < -0.39 is 0 Å². The van der Waals surface area contributed by atoms with Crippen molar-refractivity contribution in [3.05, 3.63) is 95.5 Å². The van der Waals surface area contributed by atoms with Crippen LogP contribution in [0.5, 0.6) is 0 Å². The first-order valence-electron chi connectivity index (χ1n) is 10.2. The van der Waals surface area contributed by atoms with Crippen molar-refractivity contribution in [2.24, 2.45) is 0 Å². The molecule has 1 amide bonds. The SMILES string of the molecule is Cc1ccc(NC(=O)c2ccc(Cl)cc2)cc1-c1cc2c(ccn2-c2cc(N)ncn2)cn1. The number of anilines is 2. The Morgan fingerprint density at radius 2 is 1.82 bits per heavy atom. The lowest BCUT2D eigenvalue weighted by Gasteiger charge is -2.11. The average molecular weight is 455 g/mol. The number of nitrogens with one attached hydrogen (secondary N) is 1. The molecule has 0 aliphatic heterocycles. The number of aromatic nitrogens is 4. The molecule has 3 N–H and O–H groups in total. The number of nitrogens with two attached hydrogens (primary N) is 1. The van der Waals surface area contributed by atoms with Crippen molar-refractivity contribution in [2.75, 3.05) is 11.1 Å². The first-order chi connectivity index (χ1) is 16.0. The number of rotatable bonds is 4. The predicted octanol–water partition coefficient (Wildman–Crippen LogP) is 5.28. The first-order valence-corrected chi connectivity index (χ1v) is 10.6. The number of amides is 1. The predicted molar refractivity (Wildman–Crippen MR) is 131 cm³/mol. The number of carbonyl (C=O) groups is 1. The van der Waals surface area contributed by atoms with E-state index in [-0.39, 0.29) is 5.91 Å². The average Bonchev–Trinajstić information content (AvgIpc) is 3.24. The highest BCUT2D eigenvalue weighted by molar-refractivity contribution is 6.30. The molecule has 3 aromatic heterocycles. The van der Waals surface area contributed by atoms with Crippen LogP contribution in [0.15, 0.2) is 79.4 Å². The van der Waals surface area contributed by atoms with E-state index in [0.29, 0.717) is 27.9 Å². The minimum atomic E-state index is -0.208. The van der Waals surface area contributed by atoms with Crippen LogP contribution in [0.25, 0.3) is 28.0 Å². The molecule has 8 heteroatoms. The largest absolute Gasteiger partial charge is 0.384 e. The summed E-state index contributed by atoms with van der Waals surface area (Å²) in [4.78, 5) is 25.6. The molecule has 0 atom stereocenters. The van der Waals surface area contributed by atoms with E-state index in [1.54, 1.807) is 30.3 Å². The number of hydrogen-bond donors (Lipinski definition) is 2. The third kappa shape index (κ3) is 4.14. The highest BCUT2D eigenvalue weighted by atomic mass is 35.5. The molecule has 0 saturated heterocycles. The highest BCUT2D eigenvalue weighted by Crippen LogP contribution is 2.29. The van der Waals surface area contributed by atoms with Gasteiger partial charge in [-0.3, -0.25) is 9.78 Å². The van der Waals surface area contributed by atoms with Crippen molar-refractivity contribution in [1.29, 1.82) is 0 Å². The third-order valence-corrected chi connectivity index (χ3v) is 5.63. The van der Waals surface area contributed by atoms with Gasteiger partial charge in [-0.05, 0) is 61.0 Å². The van der Waals surface area contributed by atoms with Crippen molar-refractivity contribution < 1.29 is 4.79 Å². The Kier molecular flexibility index (Phi) is 5.24. The van der Waals surface area contributed by atoms with Gasteiger partial charge in [-0.2, -0.15) is 0 Å². The van der Waals surface area contributed by atoms with Gasteiger partial charge in [0.2, 0.25) is 0 Å². The van der Waals surface area contributed by atoms with Gasteiger partial charge < -0.3 is 15.6 Å². The fourth-order valence-electron chi connectivity index (χ4n) is 3.65. The zero-order valence-corrected chi connectivity index (χ0v) is 18.4. The van der Waals surface area contributed by atoms with Gasteiger partial charge in [-0.1, -0.05) is 17.7 Å². The summed E-state index contributed by atoms with van der Waals surface area (Å²) < 4.78 is 1.94. The van der Waals surface area contributed by atoms with Crippen LogP contribution < -0.4 is 11.1 Å². The zero-order valence-electron chi connectivity index (χ0n) is 17.7. The van der Waals surface area contributed by atoms with Crippen molar-refractivity contribution in [3.63, 3.8) is 0 Å². The summed E-state index contributed by atoms with van der Waals surface area (Å²) in [6, 6.07) is 18.2. The van der Waals surface area contributed by atoms with Crippen LogP contribution in [0.4, 0.5) is 11.5 Å². The molecule has 3 heterocycles. The molecule has 5 aromatic rings. The molecule has 5 rings (SSSR count). The molecule has 0 aliphatic carbocycles. The van der Waals surface area contributed by atoms with Crippen LogP contribution in [-0.2, 0) is 0 Å². The van der Waals surface area contributed by atoms with Gasteiger partial charge in [-0.15, -0.1) is 0 Å². The van der Waals surface area contributed by atoms with Gasteiger partial charge >= 0.3 is 0 Å². The van der Waals surface area contributed by atoms with Crippen LogP contribution in [0.2, 0.25) is 5.02 Å². The monoisotopic (exact) mass is 454 g/mol. The Morgan fingerprint density at radius 1 is 1.00 bits per heavy atom. The lowest BCUT2D eigenvalue weighted by atomic mass is 10.0. The molecular weight excluding hydrogens is 436 g/mol. The summed E-state index contributed by atoms with van der Waals surface area (Å²) in [6.07, 6.45) is 5.19. The first kappa shape index (κ1) is 20.7. The van der Waals surface area contributed by atoms with Gasteiger partial charge in [0.25, 0.3) is 5.91 Å². The number of hydrogen-bond acceptors (Lipinski definition) is 5. The molecule has 0 fully saturated rings. The molecule has 0 radical (unpaired) electrons. The number of nitrogens with zero attached hydrogens (tertiary/aromatic N) is 4. The molecule has 7 nitrogen and oxygen atoms in total. The second kappa shape index (κ2) is 8.37. The number of benzene rings is 2. The smallest absolute Gasteiger partial charge is 0.255 e. The molecule has 33 heavy (non-hydrogen) atoms. The molecule has 2 aromatic carbocycles. The number of pyridine rings is 1. The summed E-state index contributed by atoms with van der Waals surface area (Å²) in [6.45, 7) is 2.01. The molecule has 0 bridgehead atoms. The van der Waals surface area contributed by atoms with E-state index >= 15 is 0 Å². The van der Waals surface area contributed by atoms with Gasteiger partial charge in [0, 0.05) is 45.7 Å². The van der Waals surface area contributed by atoms with E-state index in [1.165, 1.54) is 6.33 Å². The maximum absolute atomic E-state index is 12.6. The van der Waals surface area contributed by atoms with Gasteiger partial charge in [0.05, 0.1) is 11.2 Å². The maximum Gasteiger partial charge on any atom is 0.255 e. The number of aryl methyl sites for hydroxylation is 1. The molecule has 0 saturated carbocycles. The van der Waals surface area contributed by atoms with E-state index in [0.717, 1.165) is 27.7 Å². The molecule has 0 spiro atoms. The summed E-state index contributed by atoms with van der Waals surface area (Å²) in [5.41, 5.74) is 10.7. The Morgan fingerprint density at radius 3 is 2.61 bits per heavy atom. The number of halogens is 1. The molecular formula is C25H19ClN6O. The summed E-state index contributed by atoms with van der Waals surface area (Å²) in [5.74, 6) is 0.867. The van der Waals surface area contributed by atoms with E-state index in [4.69, 9.17) is 17.3 Å². The second-order valence-corrected chi connectivity index (χ2v) is 8.04. The third-order valence-electron chi connectivity index (χ3n) is 5.37. The number of nitrogen functional groups attached to an aromatic ring is 1. The van der Waals surface area contributed by atoms with Gasteiger partial charge in [-0.25, -0.2) is 9.97 Å². The molecule has 0 unspecified atom stereocenters. The number of carbonyl (C=O) groups excluding carboxylic acids is 1. The van der Waals surface area contributed by atoms with Crippen molar-refractivity contribution in [3.8, 4) is 17.1 Å². The summed E-state index contributed by atoms with van der Waals surface area (Å²) in [7, 11) is 0. The minimum Gasteiger partial charge on any atom is -0.384 e. The van der Waals surface area contributed by atoms with Crippen LogP contribution >= 0.6 is 11.6 Å². The second-order valence-electron chi connectivity index (χ2n) is 7.61. The fraction of sp³-hybridized carbons (Fsp3) is 0.0400. The normalized spacial score (nSPS) is 11.0. The van der Waals surface area contributed by atoms with E-state index in [2.05, 4.69) is 20.3 Å². The highest BCUT2D eigenvalue weighted by Gasteiger charge is 2.12. The lowest BCUT2D eigenvalue weighted by molar-refractivity contribution is 0.102. The lowest BCUT2D eigenvalue weighted by Crippen LogP contribution is -2.11. The van der Waals surface area contributed by atoms with Crippen molar-refractivity contribution >= 4 is 39.9 Å². The van der Waals surface area contributed by atoms with E-state index in [1.807, 2.05) is 54.2 Å². The van der Waals surface area contributed by atoms with Crippen LogP contribution in [-0.4, -0.2) is 25.4 Å². The Hall–Kier alpha value is -4.23. The minimum absolute atomic E-state index is 0.208. The Labute approximate surface area is 194 Å². The maximum atomic E-state index is 12.6. The Bertz CT molecular complexity index is 1490. The summed E-state index contributed by atoms with van der Waals surface area (Å²) >= 11 is 5.92. The van der Waals surface area contributed by atoms with Crippen LogP contribution in [0.3, 0.4) is 0 Å². The van der Waals surface area contributed by atoms with Gasteiger partial charge in [0.15, 0.2) is 0 Å². The molecule has 0 aliphatic rings. The zero-order chi connectivity index (χ0) is 22.9. The topological polar surface area (TPSA) is 98.7 Å². The Balaban J connectivity index is 1.51. The number of fused-ring (bicyclic) bond motifs is 1. The fourth-order valence-corrected chi connectivity index (χ4v) is 3.77.